The SMILES string of the molecule is C=CC[C@@H]1CC[C@@H](C(C)=O)[C@H](CC(C)C)O1. The molecule has 0 N–H and O–H groups in total. The van der Waals surface area contributed by atoms with Crippen LogP contribution in [0.15, 0.2) is 12.7 Å². The van der Waals surface area contributed by atoms with Gasteiger partial charge in [-0.05, 0) is 38.5 Å². The maximum atomic E-state index is 11.6. The Hall–Kier alpha value is -0.630. The number of ether oxygens (including phenoxy) is 1. The van der Waals surface area contributed by atoms with Crippen molar-refractivity contribution in [2.75, 3.05) is 0 Å². The molecule has 1 aliphatic rings. The Morgan fingerprint density at radius 2 is 2.19 bits per heavy atom. The third kappa shape index (κ3) is 3.75. The molecule has 16 heavy (non-hydrogen) atoms. The Morgan fingerprint density at radius 1 is 1.50 bits per heavy atom. The lowest BCUT2D eigenvalue weighted by atomic mass is 9.84. The largest absolute Gasteiger partial charge is 0.374 e. The molecule has 2 nitrogen and oxygen atoms in total. The number of hydrogen-bond acceptors (Lipinski definition) is 2. The number of Topliss-reactive ketones (excluding diaryl/α,β-unsaturated/α-hetero) is 1. The van der Waals surface area contributed by atoms with Gasteiger partial charge < -0.3 is 4.74 Å². The minimum Gasteiger partial charge on any atom is -0.374 e. The summed E-state index contributed by atoms with van der Waals surface area (Å²) in [5, 5.41) is 0. The van der Waals surface area contributed by atoms with Gasteiger partial charge in [-0.15, -0.1) is 6.58 Å². The summed E-state index contributed by atoms with van der Waals surface area (Å²) in [6, 6.07) is 0. The molecule has 0 aromatic carbocycles. The second-order valence-electron chi connectivity index (χ2n) is 5.24. The monoisotopic (exact) mass is 224 g/mol. The Morgan fingerprint density at radius 3 is 2.69 bits per heavy atom. The highest BCUT2D eigenvalue weighted by atomic mass is 16.5. The minimum absolute atomic E-state index is 0.114. The molecule has 0 aromatic rings. The summed E-state index contributed by atoms with van der Waals surface area (Å²) < 4.78 is 6.02. The number of carbonyl (C=O) groups excluding carboxylic acids is 1. The normalized spacial score (nSPS) is 30.4. The Balaban J connectivity index is 2.61. The molecule has 0 aromatic heterocycles. The van der Waals surface area contributed by atoms with Crippen LogP contribution in [-0.2, 0) is 9.53 Å². The van der Waals surface area contributed by atoms with Crippen LogP contribution in [0.5, 0.6) is 0 Å². The summed E-state index contributed by atoms with van der Waals surface area (Å²) in [4.78, 5) is 11.6. The van der Waals surface area contributed by atoms with E-state index in [1.165, 1.54) is 0 Å². The molecule has 1 aliphatic heterocycles. The van der Waals surface area contributed by atoms with Crippen LogP contribution < -0.4 is 0 Å². The first kappa shape index (κ1) is 13.4. The first-order chi connectivity index (χ1) is 7.54. The van der Waals surface area contributed by atoms with E-state index in [0.29, 0.717) is 5.92 Å². The quantitative estimate of drug-likeness (QED) is 0.669. The molecule has 1 rings (SSSR count). The van der Waals surface area contributed by atoms with Gasteiger partial charge in [0.25, 0.3) is 0 Å². The summed E-state index contributed by atoms with van der Waals surface area (Å²) in [6.07, 6.45) is 6.16. The minimum atomic E-state index is 0.114. The van der Waals surface area contributed by atoms with Crippen LogP contribution in [0.1, 0.15) is 46.5 Å². The third-order valence-corrected chi connectivity index (χ3v) is 3.27. The standard InChI is InChI=1S/C14H24O2/c1-5-6-12-7-8-13(11(4)15)14(16-12)9-10(2)3/h5,10,12-14H,1,6-9H2,2-4H3/t12-,13+,14+/m1/s1. The molecule has 1 heterocycles. The molecule has 2 heteroatoms. The van der Waals surface area contributed by atoms with Crippen LogP contribution in [0, 0.1) is 11.8 Å². The first-order valence-corrected chi connectivity index (χ1v) is 6.31. The van der Waals surface area contributed by atoms with Gasteiger partial charge in [0.15, 0.2) is 0 Å². The fourth-order valence-electron chi connectivity index (χ4n) is 2.47. The summed E-state index contributed by atoms with van der Waals surface area (Å²) in [5.74, 6) is 0.973. The van der Waals surface area contributed by atoms with Crippen molar-refractivity contribution in [1.29, 1.82) is 0 Å². The van der Waals surface area contributed by atoms with E-state index < -0.39 is 0 Å². The summed E-state index contributed by atoms with van der Waals surface area (Å²) in [5.41, 5.74) is 0. The first-order valence-electron chi connectivity index (χ1n) is 6.31. The molecule has 3 atom stereocenters. The molecular formula is C14H24O2. The summed E-state index contributed by atoms with van der Waals surface area (Å²) in [7, 11) is 0. The predicted molar refractivity (Wildman–Crippen MR) is 66.3 cm³/mol. The maximum Gasteiger partial charge on any atom is 0.135 e. The van der Waals surface area contributed by atoms with Crippen molar-refractivity contribution in [3.05, 3.63) is 12.7 Å². The van der Waals surface area contributed by atoms with E-state index in [4.69, 9.17) is 4.74 Å². The van der Waals surface area contributed by atoms with Crippen molar-refractivity contribution in [3.8, 4) is 0 Å². The molecule has 92 valence electrons. The molecule has 0 saturated carbocycles. The lowest BCUT2D eigenvalue weighted by molar-refractivity contribution is -0.137. The highest BCUT2D eigenvalue weighted by molar-refractivity contribution is 5.79. The van der Waals surface area contributed by atoms with Crippen LogP contribution in [0.4, 0.5) is 0 Å². The van der Waals surface area contributed by atoms with Crippen molar-refractivity contribution in [1.82, 2.24) is 0 Å². The van der Waals surface area contributed by atoms with Gasteiger partial charge in [0.05, 0.1) is 12.2 Å². The van der Waals surface area contributed by atoms with Crippen LogP contribution in [0.25, 0.3) is 0 Å². The number of hydrogen-bond donors (Lipinski definition) is 0. The van der Waals surface area contributed by atoms with Gasteiger partial charge in [-0.1, -0.05) is 19.9 Å². The van der Waals surface area contributed by atoms with Gasteiger partial charge in [-0.2, -0.15) is 0 Å². The van der Waals surface area contributed by atoms with Crippen LogP contribution in [-0.4, -0.2) is 18.0 Å². The Labute approximate surface area is 99.1 Å². The molecule has 0 unspecified atom stereocenters. The van der Waals surface area contributed by atoms with Gasteiger partial charge in [0.1, 0.15) is 5.78 Å². The van der Waals surface area contributed by atoms with Crippen LogP contribution in [0.3, 0.4) is 0 Å². The van der Waals surface area contributed by atoms with Crippen molar-refractivity contribution in [2.45, 2.75) is 58.7 Å². The van der Waals surface area contributed by atoms with E-state index >= 15 is 0 Å². The van der Waals surface area contributed by atoms with Gasteiger partial charge in [-0.3, -0.25) is 4.79 Å². The van der Waals surface area contributed by atoms with E-state index in [9.17, 15) is 4.79 Å². The lowest BCUT2D eigenvalue weighted by Crippen LogP contribution is -2.39. The van der Waals surface area contributed by atoms with E-state index in [1.807, 2.05) is 6.08 Å². The van der Waals surface area contributed by atoms with E-state index in [2.05, 4.69) is 20.4 Å². The van der Waals surface area contributed by atoms with Gasteiger partial charge >= 0.3 is 0 Å². The zero-order valence-corrected chi connectivity index (χ0v) is 10.7. The summed E-state index contributed by atoms with van der Waals surface area (Å²) in [6.45, 7) is 9.79. The van der Waals surface area contributed by atoms with E-state index in [1.54, 1.807) is 6.92 Å². The zero-order chi connectivity index (χ0) is 12.1. The smallest absolute Gasteiger partial charge is 0.135 e. The third-order valence-electron chi connectivity index (χ3n) is 3.27. The molecular weight excluding hydrogens is 200 g/mol. The fourth-order valence-corrected chi connectivity index (χ4v) is 2.47. The summed E-state index contributed by atoms with van der Waals surface area (Å²) >= 11 is 0. The van der Waals surface area contributed by atoms with Gasteiger partial charge in [-0.25, -0.2) is 0 Å². The van der Waals surface area contributed by atoms with Crippen molar-refractivity contribution in [2.24, 2.45) is 11.8 Å². The average molecular weight is 224 g/mol. The number of carbonyl (C=O) groups is 1. The number of ketones is 1. The Kier molecular flexibility index (Phi) is 5.20. The van der Waals surface area contributed by atoms with Crippen molar-refractivity contribution >= 4 is 5.78 Å². The molecule has 0 amide bonds. The second kappa shape index (κ2) is 6.19. The van der Waals surface area contributed by atoms with E-state index in [-0.39, 0.29) is 23.9 Å². The number of rotatable bonds is 5. The highest BCUT2D eigenvalue weighted by Crippen LogP contribution is 2.31. The topological polar surface area (TPSA) is 26.3 Å². The maximum absolute atomic E-state index is 11.6. The molecule has 0 radical (unpaired) electrons. The Bertz CT molecular complexity index is 245. The molecule has 0 aliphatic carbocycles. The molecule has 1 saturated heterocycles. The van der Waals surface area contributed by atoms with Crippen LogP contribution in [0.2, 0.25) is 0 Å². The van der Waals surface area contributed by atoms with Crippen LogP contribution >= 0.6 is 0 Å². The second-order valence-corrected chi connectivity index (χ2v) is 5.24. The molecule has 1 fully saturated rings. The van der Waals surface area contributed by atoms with Crippen molar-refractivity contribution in [3.63, 3.8) is 0 Å². The predicted octanol–water partition coefficient (Wildman–Crippen LogP) is 3.36. The van der Waals surface area contributed by atoms with E-state index in [0.717, 1.165) is 25.7 Å². The highest BCUT2D eigenvalue weighted by Gasteiger charge is 2.33. The lowest BCUT2D eigenvalue weighted by Gasteiger charge is -2.36. The molecule has 0 spiro atoms. The van der Waals surface area contributed by atoms with Gasteiger partial charge in [0, 0.05) is 5.92 Å². The molecule has 0 bridgehead atoms. The van der Waals surface area contributed by atoms with Gasteiger partial charge in [0.2, 0.25) is 0 Å². The van der Waals surface area contributed by atoms with Crippen molar-refractivity contribution < 1.29 is 9.53 Å². The fraction of sp³-hybridized carbons (Fsp3) is 0.786. The zero-order valence-electron chi connectivity index (χ0n) is 10.7. The average Bonchev–Trinajstić information content (AvgIpc) is 2.16.